The second-order valence-corrected chi connectivity index (χ2v) is 4.44. The van der Waals surface area contributed by atoms with E-state index >= 15 is 0 Å². The molecule has 0 saturated carbocycles. The minimum atomic E-state index is -1.25. The molecule has 0 bridgehead atoms. The summed E-state index contributed by atoms with van der Waals surface area (Å²) in [5.74, 6) is -1.59. The van der Waals surface area contributed by atoms with Crippen LogP contribution < -0.4 is 10.6 Å². The van der Waals surface area contributed by atoms with Crippen LogP contribution in [0.2, 0.25) is 0 Å². The van der Waals surface area contributed by atoms with Crippen LogP contribution in [0.4, 0.5) is 4.79 Å². The third-order valence-electron chi connectivity index (χ3n) is 3.67. The van der Waals surface area contributed by atoms with Crippen LogP contribution in [0.5, 0.6) is 0 Å². The molecule has 94 valence electrons. The van der Waals surface area contributed by atoms with Gasteiger partial charge in [-0.1, -0.05) is 33.3 Å². The Morgan fingerprint density at radius 3 is 2.06 bits per heavy atom. The molecule has 4 amide bonds. The lowest BCUT2D eigenvalue weighted by atomic mass is 9.64. The molecule has 0 aliphatic carbocycles. The lowest BCUT2D eigenvalue weighted by Gasteiger charge is -2.41. The van der Waals surface area contributed by atoms with E-state index in [9.17, 15) is 14.4 Å². The van der Waals surface area contributed by atoms with Crippen LogP contribution in [-0.2, 0) is 9.59 Å². The highest BCUT2D eigenvalue weighted by Gasteiger charge is 2.55. The molecule has 2 atom stereocenters. The summed E-state index contributed by atoms with van der Waals surface area (Å²) in [5, 5.41) is 4.35. The van der Waals surface area contributed by atoms with Crippen LogP contribution >= 0.6 is 0 Å². The van der Waals surface area contributed by atoms with Crippen molar-refractivity contribution in [2.75, 3.05) is 0 Å². The van der Waals surface area contributed by atoms with Crippen molar-refractivity contribution >= 4 is 17.8 Å². The van der Waals surface area contributed by atoms with Gasteiger partial charge in [-0.25, -0.2) is 4.79 Å². The van der Waals surface area contributed by atoms with Crippen LogP contribution in [0, 0.1) is 17.3 Å². The standard InChI is InChI=1S/C12H18N2O3/c1-5-7(3)12(8(4)6-2)9(15)13-11(17)14-10(12)16/h5,7-8H,1,6H2,2-4H3,(H2,13,14,15,16,17). The average Bonchev–Trinajstić information content (AvgIpc) is 2.27. The van der Waals surface area contributed by atoms with Gasteiger partial charge in [0.05, 0.1) is 0 Å². The average molecular weight is 238 g/mol. The second-order valence-electron chi connectivity index (χ2n) is 4.44. The van der Waals surface area contributed by atoms with Gasteiger partial charge in [0.15, 0.2) is 0 Å². The molecule has 2 N–H and O–H groups in total. The zero-order chi connectivity index (χ0) is 13.2. The quantitative estimate of drug-likeness (QED) is 0.571. The number of urea groups is 1. The molecule has 0 aromatic heterocycles. The predicted octanol–water partition coefficient (Wildman–Crippen LogP) is 1.21. The summed E-state index contributed by atoms with van der Waals surface area (Å²) < 4.78 is 0. The number of amides is 4. The summed E-state index contributed by atoms with van der Waals surface area (Å²) in [5.41, 5.74) is -1.25. The molecular formula is C12H18N2O3. The molecule has 0 spiro atoms. The van der Waals surface area contributed by atoms with E-state index in [-0.39, 0.29) is 11.8 Å². The predicted molar refractivity (Wildman–Crippen MR) is 62.9 cm³/mol. The number of allylic oxidation sites excluding steroid dienone is 1. The first kappa shape index (κ1) is 13.4. The lowest BCUT2D eigenvalue weighted by molar-refractivity contribution is -0.151. The Morgan fingerprint density at radius 1 is 1.24 bits per heavy atom. The molecule has 1 fully saturated rings. The molecule has 0 aromatic rings. The van der Waals surface area contributed by atoms with Crippen LogP contribution in [0.1, 0.15) is 27.2 Å². The highest BCUT2D eigenvalue weighted by Crippen LogP contribution is 2.40. The highest BCUT2D eigenvalue weighted by atomic mass is 16.2. The van der Waals surface area contributed by atoms with Gasteiger partial charge in [-0.05, 0) is 11.8 Å². The largest absolute Gasteiger partial charge is 0.328 e. The van der Waals surface area contributed by atoms with Gasteiger partial charge in [-0.3, -0.25) is 20.2 Å². The summed E-state index contributed by atoms with van der Waals surface area (Å²) in [6, 6.07) is -0.754. The van der Waals surface area contributed by atoms with Crippen LogP contribution in [0.15, 0.2) is 12.7 Å². The van der Waals surface area contributed by atoms with Gasteiger partial charge in [0.25, 0.3) is 0 Å². The molecule has 1 aliphatic rings. The SMILES string of the molecule is C=CC(C)C1(C(C)CC)C(=O)NC(=O)NC1=O. The molecular weight excluding hydrogens is 220 g/mol. The van der Waals surface area contributed by atoms with E-state index in [1.54, 1.807) is 13.0 Å². The van der Waals surface area contributed by atoms with Gasteiger partial charge < -0.3 is 0 Å². The van der Waals surface area contributed by atoms with Crippen LogP contribution in [0.3, 0.4) is 0 Å². The maximum atomic E-state index is 12.1. The molecule has 5 nitrogen and oxygen atoms in total. The zero-order valence-corrected chi connectivity index (χ0v) is 10.4. The Kier molecular flexibility index (Phi) is 3.70. The fraction of sp³-hybridized carbons (Fsp3) is 0.583. The van der Waals surface area contributed by atoms with E-state index < -0.39 is 23.3 Å². The van der Waals surface area contributed by atoms with Crippen molar-refractivity contribution in [3.8, 4) is 0 Å². The van der Waals surface area contributed by atoms with Gasteiger partial charge >= 0.3 is 6.03 Å². The zero-order valence-electron chi connectivity index (χ0n) is 10.4. The molecule has 0 radical (unpaired) electrons. The summed E-state index contributed by atoms with van der Waals surface area (Å²) >= 11 is 0. The van der Waals surface area contributed by atoms with Crippen LogP contribution in [-0.4, -0.2) is 17.8 Å². The van der Waals surface area contributed by atoms with Crippen LogP contribution in [0.25, 0.3) is 0 Å². The minimum Gasteiger partial charge on any atom is -0.277 e. The third kappa shape index (κ3) is 1.85. The number of imide groups is 2. The molecule has 5 heteroatoms. The summed E-state index contributed by atoms with van der Waals surface area (Å²) in [6.45, 7) is 9.13. The third-order valence-corrected chi connectivity index (χ3v) is 3.67. The van der Waals surface area contributed by atoms with Crippen molar-refractivity contribution in [1.29, 1.82) is 0 Å². The van der Waals surface area contributed by atoms with Gasteiger partial charge in [0, 0.05) is 0 Å². The Morgan fingerprint density at radius 2 is 1.71 bits per heavy atom. The molecule has 1 saturated heterocycles. The van der Waals surface area contributed by atoms with Crippen molar-refractivity contribution < 1.29 is 14.4 Å². The van der Waals surface area contributed by atoms with E-state index in [0.717, 1.165) is 0 Å². The molecule has 17 heavy (non-hydrogen) atoms. The number of nitrogens with one attached hydrogen (secondary N) is 2. The number of carbonyl (C=O) groups is 3. The fourth-order valence-electron chi connectivity index (χ4n) is 2.37. The monoisotopic (exact) mass is 238 g/mol. The number of rotatable bonds is 4. The Balaban J connectivity index is 3.30. The van der Waals surface area contributed by atoms with E-state index in [2.05, 4.69) is 17.2 Å². The lowest BCUT2D eigenvalue weighted by Crippen LogP contribution is -2.66. The van der Waals surface area contributed by atoms with Crippen molar-refractivity contribution in [2.45, 2.75) is 27.2 Å². The number of barbiturate groups is 1. The number of hydrogen-bond acceptors (Lipinski definition) is 3. The molecule has 1 aliphatic heterocycles. The highest BCUT2D eigenvalue weighted by molar-refractivity contribution is 6.19. The first-order valence-electron chi connectivity index (χ1n) is 5.70. The van der Waals surface area contributed by atoms with E-state index in [1.165, 1.54) is 0 Å². The van der Waals surface area contributed by atoms with Crippen molar-refractivity contribution in [3.05, 3.63) is 12.7 Å². The maximum absolute atomic E-state index is 12.1. The Hall–Kier alpha value is -1.65. The van der Waals surface area contributed by atoms with Gasteiger partial charge in [-0.15, -0.1) is 6.58 Å². The van der Waals surface area contributed by atoms with E-state index in [4.69, 9.17) is 0 Å². The molecule has 2 unspecified atom stereocenters. The second kappa shape index (κ2) is 4.69. The first-order valence-corrected chi connectivity index (χ1v) is 5.70. The van der Waals surface area contributed by atoms with Crippen molar-refractivity contribution in [2.24, 2.45) is 17.3 Å². The van der Waals surface area contributed by atoms with Gasteiger partial charge in [0.2, 0.25) is 11.8 Å². The Bertz CT molecular complexity index is 356. The summed E-state index contributed by atoms with van der Waals surface area (Å²) in [4.78, 5) is 35.3. The number of hydrogen-bond donors (Lipinski definition) is 2. The minimum absolute atomic E-state index is 0.177. The maximum Gasteiger partial charge on any atom is 0.328 e. The fourth-order valence-corrected chi connectivity index (χ4v) is 2.37. The normalized spacial score (nSPS) is 22.4. The molecule has 0 aromatic carbocycles. The van der Waals surface area contributed by atoms with Crippen molar-refractivity contribution in [1.82, 2.24) is 10.6 Å². The summed E-state index contributed by atoms with van der Waals surface area (Å²) in [7, 11) is 0. The first-order chi connectivity index (χ1) is 7.91. The smallest absolute Gasteiger partial charge is 0.277 e. The van der Waals surface area contributed by atoms with Crippen molar-refractivity contribution in [3.63, 3.8) is 0 Å². The molecule has 1 rings (SSSR count). The van der Waals surface area contributed by atoms with E-state index in [1.807, 2.05) is 13.8 Å². The van der Waals surface area contributed by atoms with Gasteiger partial charge in [-0.2, -0.15) is 0 Å². The topological polar surface area (TPSA) is 75.3 Å². The van der Waals surface area contributed by atoms with Gasteiger partial charge in [0.1, 0.15) is 5.41 Å². The Labute approximate surface area is 101 Å². The molecule has 1 heterocycles. The van der Waals surface area contributed by atoms with E-state index in [0.29, 0.717) is 6.42 Å². The summed E-state index contributed by atoms with van der Waals surface area (Å²) in [6.07, 6.45) is 2.23. The number of carbonyl (C=O) groups excluding carboxylic acids is 3.